The van der Waals surface area contributed by atoms with Crippen LogP contribution in [0, 0.1) is 6.92 Å². The summed E-state index contributed by atoms with van der Waals surface area (Å²) in [5, 5.41) is 4.03. The Morgan fingerprint density at radius 2 is 2.08 bits per heavy atom. The number of benzene rings is 1. The van der Waals surface area contributed by atoms with Crippen molar-refractivity contribution in [3.8, 4) is 0 Å². The Kier molecular flexibility index (Phi) is 4.62. The number of carbonyl (C=O) groups excluding carboxylic acids is 1. The number of amides is 1. The van der Waals surface area contributed by atoms with Crippen LogP contribution in [0.5, 0.6) is 0 Å². The van der Waals surface area contributed by atoms with Crippen LogP contribution in [0.3, 0.4) is 0 Å². The molecule has 3 rings (SSSR count). The van der Waals surface area contributed by atoms with Crippen molar-refractivity contribution in [2.75, 3.05) is 5.32 Å². The van der Waals surface area contributed by atoms with Crippen LogP contribution in [0.15, 0.2) is 29.3 Å². The molecule has 0 spiro atoms. The number of rotatable bonds is 3. The fraction of sp³-hybridized carbons (Fsp3) is 0.188. The van der Waals surface area contributed by atoms with E-state index in [2.05, 4.69) is 10.3 Å². The molecule has 0 atom stereocenters. The Balaban J connectivity index is 2.01. The number of aromatic nitrogens is 2. The predicted molar refractivity (Wildman–Crippen MR) is 98.7 cm³/mol. The maximum absolute atomic E-state index is 12.6. The van der Waals surface area contributed by atoms with Crippen LogP contribution in [0.2, 0.25) is 10.0 Å². The minimum atomic E-state index is -0.309. The molecule has 1 aromatic carbocycles. The maximum atomic E-state index is 12.6. The molecule has 3 aromatic rings. The smallest absolute Gasteiger partial charge is 0.266 e. The molecule has 0 radical (unpaired) electrons. The van der Waals surface area contributed by atoms with E-state index in [1.807, 2.05) is 6.92 Å². The SMILES string of the molecule is CCn1cnc2sc(C(=O)Nc3ccc(Cl)c(Cl)c3)c(C)c2c1=O. The van der Waals surface area contributed by atoms with Crippen molar-refractivity contribution in [1.29, 1.82) is 0 Å². The van der Waals surface area contributed by atoms with Crippen LogP contribution >= 0.6 is 34.5 Å². The molecule has 0 saturated carbocycles. The third kappa shape index (κ3) is 2.92. The van der Waals surface area contributed by atoms with E-state index in [0.717, 1.165) is 0 Å². The zero-order chi connectivity index (χ0) is 17.4. The highest BCUT2D eigenvalue weighted by molar-refractivity contribution is 7.20. The van der Waals surface area contributed by atoms with Crippen molar-refractivity contribution in [3.63, 3.8) is 0 Å². The summed E-state index contributed by atoms with van der Waals surface area (Å²) < 4.78 is 1.52. The van der Waals surface area contributed by atoms with Crippen molar-refractivity contribution in [2.24, 2.45) is 0 Å². The monoisotopic (exact) mass is 381 g/mol. The number of anilines is 1. The number of nitrogens with zero attached hydrogens (tertiary/aromatic N) is 2. The van der Waals surface area contributed by atoms with E-state index in [9.17, 15) is 9.59 Å². The molecule has 8 heteroatoms. The lowest BCUT2D eigenvalue weighted by molar-refractivity contribution is 0.103. The molecule has 0 aliphatic heterocycles. The van der Waals surface area contributed by atoms with Crippen LogP contribution in [0.1, 0.15) is 22.2 Å². The number of thiophene rings is 1. The van der Waals surface area contributed by atoms with Crippen molar-refractivity contribution < 1.29 is 4.79 Å². The molecule has 0 fully saturated rings. The molecular formula is C16H13Cl2N3O2S. The van der Waals surface area contributed by atoms with E-state index in [4.69, 9.17) is 23.2 Å². The van der Waals surface area contributed by atoms with Gasteiger partial charge in [0, 0.05) is 12.2 Å². The molecule has 2 aromatic heterocycles. The topological polar surface area (TPSA) is 64.0 Å². The van der Waals surface area contributed by atoms with Crippen LogP contribution in [-0.4, -0.2) is 15.5 Å². The average molecular weight is 382 g/mol. The second kappa shape index (κ2) is 6.55. The third-order valence-corrected chi connectivity index (χ3v) is 5.58. The van der Waals surface area contributed by atoms with Crippen LogP contribution in [0.4, 0.5) is 5.69 Å². The van der Waals surface area contributed by atoms with Crippen molar-refractivity contribution in [1.82, 2.24) is 9.55 Å². The van der Waals surface area contributed by atoms with Gasteiger partial charge in [0.1, 0.15) is 4.83 Å². The molecule has 0 saturated heterocycles. The molecule has 0 aliphatic rings. The normalized spacial score (nSPS) is 11.0. The number of hydrogen-bond acceptors (Lipinski definition) is 4. The first-order chi connectivity index (χ1) is 11.4. The van der Waals surface area contributed by atoms with Gasteiger partial charge in [-0.25, -0.2) is 4.98 Å². The number of hydrogen-bond donors (Lipinski definition) is 1. The molecule has 124 valence electrons. The lowest BCUT2D eigenvalue weighted by Crippen LogP contribution is -2.19. The second-order valence-corrected chi connectivity index (χ2v) is 6.97. The third-order valence-electron chi connectivity index (χ3n) is 3.64. The first kappa shape index (κ1) is 17.0. The summed E-state index contributed by atoms with van der Waals surface area (Å²) in [5.74, 6) is -0.309. The second-order valence-electron chi connectivity index (χ2n) is 5.16. The number of halogens is 2. The van der Waals surface area contributed by atoms with Crippen molar-refractivity contribution >= 4 is 56.3 Å². The number of fused-ring (bicyclic) bond motifs is 1. The van der Waals surface area contributed by atoms with Gasteiger partial charge in [-0.1, -0.05) is 23.2 Å². The Labute approximate surface area is 151 Å². The first-order valence-electron chi connectivity index (χ1n) is 7.17. The Bertz CT molecular complexity index is 1010. The minimum Gasteiger partial charge on any atom is -0.321 e. The molecule has 0 bridgehead atoms. The van der Waals surface area contributed by atoms with E-state index in [-0.39, 0.29) is 11.5 Å². The van der Waals surface area contributed by atoms with Crippen molar-refractivity contribution in [2.45, 2.75) is 20.4 Å². The van der Waals surface area contributed by atoms with Gasteiger partial charge in [0.05, 0.1) is 26.6 Å². The lowest BCUT2D eigenvalue weighted by atomic mass is 10.2. The van der Waals surface area contributed by atoms with Crippen LogP contribution in [0.25, 0.3) is 10.2 Å². The van der Waals surface area contributed by atoms with Gasteiger partial charge >= 0.3 is 0 Å². The minimum absolute atomic E-state index is 0.134. The van der Waals surface area contributed by atoms with E-state index < -0.39 is 0 Å². The zero-order valence-electron chi connectivity index (χ0n) is 12.9. The molecule has 0 aliphatic carbocycles. The van der Waals surface area contributed by atoms with E-state index in [1.54, 1.807) is 25.1 Å². The highest BCUT2D eigenvalue weighted by Crippen LogP contribution is 2.29. The van der Waals surface area contributed by atoms with E-state index in [1.165, 1.54) is 22.2 Å². The summed E-state index contributed by atoms with van der Waals surface area (Å²) in [6, 6.07) is 4.85. The number of aryl methyl sites for hydroxylation is 2. The molecule has 0 unspecified atom stereocenters. The standard InChI is InChI=1S/C16H13Cl2N3O2S/c1-3-21-7-19-15-12(16(21)23)8(2)13(24-15)14(22)20-9-4-5-10(17)11(18)6-9/h4-7H,3H2,1-2H3,(H,20,22). The summed E-state index contributed by atoms with van der Waals surface area (Å²) in [4.78, 5) is 30.3. The molecule has 2 heterocycles. The van der Waals surface area contributed by atoms with E-state index >= 15 is 0 Å². The largest absolute Gasteiger partial charge is 0.321 e. The summed E-state index contributed by atoms with van der Waals surface area (Å²) in [5.41, 5.74) is 1.03. The Hall–Kier alpha value is -1.89. The van der Waals surface area contributed by atoms with Gasteiger partial charge < -0.3 is 5.32 Å². The van der Waals surface area contributed by atoms with Gasteiger partial charge in [-0.2, -0.15) is 0 Å². The molecular weight excluding hydrogens is 369 g/mol. The first-order valence-corrected chi connectivity index (χ1v) is 8.74. The van der Waals surface area contributed by atoms with Crippen LogP contribution < -0.4 is 10.9 Å². The fourth-order valence-corrected chi connectivity index (χ4v) is 3.70. The summed E-state index contributed by atoms with van der Waals surface area (Å²) in [6.45, 7) is 4.15. The molecule has 24 heavy (non-hydrogen) atoms. The van der Waals surface area contributed by atoms with Gasteiger partial charge in [-0.05, 0) is 37.6 Å². The van der Waals surface area contributed by atoms with Gasteiger partial charge in [0.15, 0.2) is 0 Å². The highest BCUT2D eigenvalue weighted by atomic mass is 35.5. The van der Waals surface area contributed by atoms with Crippen LogP contribution in [-0.2, 0) is 6.54 Å². The molecule has 1 N–H and O–H groups in total. The molecule has 5 nitrogen and oxygen atoms in total. The average Bonchev–Trinajstić information content (AvgIpc) is 2.89. The predicted octanol–water partition coefficient (Wildman–Crippen LogP) is 4.35. The molecule has 1 amide bonds. The van der Waals surface area contributed by atoms with E-state index in [0.29, 0.717) is 42.9 Å². The Morgan fingerprint density at radius 3 is 2.75 bits per heavy atom. The highest BCUT2D eigenvalue weighted by Gasteiger charge is 2.19. The number of carbonyl (C=O) groups is 1. The summed E-state index contributed by atoms with van der Waals surface area (Å²) >= 11 is 13.0. The van der Waals surface area contributed by atoms with Crippen molar-refractivity contribution in [3.05, 3.63) is 55.4 Å². The Morgan fingerprint density at radius 1 is 1.33 bits per heavy atom. The van der Waals surface area contributed by atoms with Gasteiger partial charge in [-0.3, -0.25) is 14.2 Å². The summed E-state index contributed by atoms with van der Waals surface area (Å²) in [6.07, 6.45) is 1.50. The maximum Gasteiger partial charge on any atom is 0.266 e. The lowest BCUT2D eigenvalue weighted by Gasteiger charge is -2.05. The number of nitrogens with one attached hydrogen (secondary N) is 1. The summed E-state index contributed by atoms with van der Waals surface area (Å²) in [7, 11) is 0. The zero-order valence-corrected chi connectivity index (χ0v) is 15.2. The quantitative estimate of drug-likeness (QED) is 0.733. The van der Waals surface area contributed by atoms with Gasteiger partial charge in [0.25, 0.3) is 11.5 Å². The van der Waals surface area contributed by atoms with Gasteiger partial charge in [0.2, 0.25) is 0 Å². The van der Waals surface area contributed by atoms with Gasteiger partial charge in [-0.15, -0.1) is 11.3 Å². The fourth-order valence-electron chi connectivity index (χ4n) is 2.36.